The van der Waals surface area contributed by atoms with Crippen molar-refractivity contribution in [3.8, 4) is 0 Å². The highest BCUT2D eigenvalue weighted by Gasteiger charge is 2.53. The van der Waals surface area contributed by atoms with E-state index in [1.54, 1.807) is 0 Å². The van der Waals surface area contributed by atoms with Crippen molar-refractivity contribution >= 4 is 5.91 Å². The maximum absolute atomic E-state index is 12.3. The zero-order chi connectivity index (χ0) is 12.7. The van der Waals surface area contributed by atoms with E-state index in [9.17, 15) is 18.0 Å². The summed E-state index contributed by atoms with van der Waals surface area (Å²) >= 11 is 0. The molecule has 1 amide bonds. The Balaban J connectivity index is 2.13. The number of fused-ring (bicyclic) bond motifs is 1. The van der Waals surface area contributed by atoms with Gasteiger partial charge in [0.15, 0.2) is 0 Å². The number of hydrogen-bond acceptors (Lipinski definition) is 3. The Morgan fingerprint density at radius 1 is 1.47 bits per heavy atom. The van der Waals surface area contributed by atoms with Gasteiger partial charge < -0.3 is 5.73 Å². The first-order chi connectivity index (χ1) is 7.85. The van der Waals surface area contributed by atoms with Crippen LogP contribution in [0.15, 0.2) is 0 Å². The van der Waals surface area contributed by atoms with Crippen LogP contribution in [0.2, 0.25) is 0 Å². The van der Waals surface area contributed by atoms with Crippen LogP contribution in [0.3, 0.4) is 0 Å². The number of carbonyl (C=O) groups is 1. The Morgan fingerprint density at radius 2 is 2.18 bits per heavy atom. The molecule has 0 spiro atoms. The van der Waals surface area contributed by atoms with Crippen LogP contribution in [-0.4, -0.2) is 48.2 Å². The number of alkyl halides is 3. The van der Waals surface area contributed by atoms with Gasteiger partial charge in [0.2, 0.25) is 5.91 Å². The third kappa shape index (κ3) is 2.26. The van der Waals surface area contributed by atoms with Crippen molar-refractivity contribution in [2.24, 2.45) is 5.73 Å². The van der Waals surface area contributed by atoms with Crippen LogP contribution < -0.4 is 11.1 Å². The van der Waals surface area contributed by atoms with E-state index in [0.717, 1.165) is 19.4 Å². The topological polar surface area (TPSA) is 58.4 Å². The lowest BCUT2D eigenvalue weighted by molar-refractivity contribution is -0.137. The lowest BCUT2D eigenvalue weighted by Gasteiger charge is -2.33. The number of carbonyl (C=O) groups excluding carboxylic acids is 1. The smallest absolute Gasteiger partial charge is 0.368 e. The van der Waals surface area contributed by atoms with Crippen LogP contribution in [0.25, 0.3) is 0 Å². The molecule has 0 aliphatic carbocycles. The first kappa shape index (κ1) is 12.6. The second-order valence-electron chi connectivity index (χ2n) is 4.75. The lowest BCUT2D eigenvalue weighted by Crippen LogP contribution is -2.63. The first-order valence-corrected chi connectivity index (χ1v) is 5.71. The normalized spacial score (nSPS) is 33.9. The van der Waals surface area contributed by atoms with Crippen molar-refractivity contribution in [3.05, 3.63) is 0 Å². The third-order valence-electron chi connectivity index (χ3n) is 3.77. The summed E-state index contributed by atoms with van der Waals surface area (Å²) in [6, 6.07) is -0.178. The van der Waals surface area contributed by atoms with Crippen molar-refractivity contribution < 1.29 is 18.0 Å². The summed E-state index contributed by atoms with van der Waals surface area (Å²) in [5, 5.41) is 2.36. The van der Waals surface area contributed by atoms with Gasteiger partial charge in [-0.1, -0.05) is 0 Å². The standard InChI is InChI=1S/C10H16F3N3O/c11-10(12,13)6-15-9(8(14)17)3-5-16-4-1-2-7(9)16/h7,15H,1-6H2,(H2,14,17). The summed E-state index contributed by atoms with van der Waals surface area (Å²) in [6.07, 6.45) is -2.32. The summed E-state index contributed by atoms with van der Waals surface area (Å²) in [6.45, 7) is 0.312. The van der Waals surface area contributed by atoms with E-state index in [0.29, 0.717) is 13.0 Å². The van der Waals surface area contributed by atoms with E-state index < -0.39 is 24.2 Å². The van der Waals surface area contributed by atoms with Crippen LogP contribution in [0.5, 0.6) is 0 Å². The van der Waals surface area contributed by atoms with Crippen LogP contribution in [0.4, 0.5) is 13.2 Å². The maximum atomic E-state index is 12.3. The molecule has 2 aliphatic rings. The average Bonchev–Trinajstić information content (AvgIpc) is 2.74. The summed E-state index contributed by atoms with van der Waals surface area (Å²) in [4.78, 5) is 13.6. The van der Waals surface area contributed by atoms with E-state index in [1.165, 1.54) is 0 Å². The minimum Gasteiger partial charge on any atom is -0.368 e. The highest BCUT2D eigenvalue weighted by Crippen LogP contribution is 2.36. The van der Waals surface area contributed by atoms with Gasteiger partial charge in [0.25, 0.3) is 0 Å². The first-order valence-electron chi connectivity index (χ1n) is 5.71. The van der Waals surface area contributed by atoms with Crippen LogP contribution in [0, 0.1) is 0 Å². The van der Waals surface area contributed by atoms with Gasteiger partial charge in [0.05, 0.1) is 6.54 Å². The van der Waals surface area contributed by atoms with Crippen molar-refractivity contribution in [2.75, 3.05) is 19.6 Å². The van der Waals surface area contributed by atoms with Crippen molar-refractivity contribution in [1.82, 2.24) is 10.2 Å². The van der Waals surface area contributed by atoms with E-state index in [-0.39, 0.29) is 6.04 Å². The van der Waals surface area contributed by atoms with Gasteiger partial charge in [-0.25, -0.2) is 0 Å². The number of nitrogens with two attached hydrogens (primary N) is 1. The molecule has 2 saturated heterocycles. The minimum absolute atomic E-state index is 0.178. The molecular weight excluding hydrogens is 235 g/mol. The van der Waals surface area contributed by atoms with Crippen LogP contribution in [-0.2, 0) is 4.79 Å². The molecule has 3 N–H and O–H groups in total. The summed E-state index contributed by atoms with van der Waals surface area (Å²) < 4.78 is 36.8. The predicted molar refractivity (Wildman–Crippen MR) is 55.2 cm³/mol. The Kier molecular flexibility index (Phi) is 3.07. The van der Waals surface area contributed by atoms with E-state index >= 15 is 0 Å². The van der Waals surface area contributed by atoms with Gasteiger partial charge in [-0.05, 0) is 25.8 Å². The summed E-state index contributed by atoms with van der Waals surface area (Å²) in [5.74, 6) is -0.670. The molecule has 0 radical (unpaired) electrons. The molecule has 0 aromatic carbocycles. The highest BCUT2D eigenvalue weighted by molar-refractivity contribution is 5.86. The number of halogens is 3. The number of primary amides is 1. The van der Waals surface area contributed by atoms with Gasteiger partial charge in [-0.15, -0.1) is 0 Å². The number of nitrogens with zero attached hydrogens (tertiary/aromatic N) is 1. The quantitative estimate of drug-likeness (QED) is 0.755. The largest absolute Gasteiger partial charge is 0.401 e. The fourth-order valence-corrected chi connectivity index (χ4v) is 2.98. The Morgan fingerprint density at radius 3 is 2.76 bits per heavy atom. The predicted octanol–water partition coefficient (Wildman–Crippen LogP) is 0.230. The average molecular weight is 251 g/mol. The lowest BCUT2D eigenvalue weighted by atomic mass is 9.87. The molecule has 7 heteroatoms. The molecule has 0 saturated carbocycles. The Labute approximate surface area is 97.3 Å². The molecule has 2 unspecified atom stereocenters. The molecule has 2 fully saturated rings. The molecule has 0 aromatic heterocycles. The van der Waals surface area contributed by atoms with Gasteiger partial charge in [0, 0.05) is 12.6 Å². The van der Waals surface area contributed by atoms with E-state index in [1.807, 2.05) is 4.90 Å². The molecule has 0 aromatic rings. The third-order valence-corrected chi connectivity index (χ3v) is 3.77. The zero-order valence-electron chi connectivity index (χ0n) is 9.39. The monoisotopic (exact) mass is 251 g/mol. The SMILES string of the molecule is NC(=O)C1(NCC(F)(F)F)CCN2CCCC21. The molecule has 2 atom stereocenters. The van der Waals surface area contributed by atoms with Crippen molar-refractivity contribution in [3.63, 3.8) is 0 Å². The number of hydrogen-bond donors (Lipinski definition) is 2. The number of amides is 1. The van der Waals surface area contributed by atoms with Gasteiger partial charge in [-0.2, -0.15) is 13.2 Å². The molecule has 2 heterocycles. The van der Waals surface area contributed by atoms with Gasteiger partial charge in [0.1, 0.15) is 5.54 Å². The fourth-order valence-electron chi connectivity index (χ4n) is 2.98. The van der Waals surface area contributed by atoms with E-state index in [4.69, 9.17) is 5.73 Å². The second-order valence-corrected chi connectivity index (χ2v) is 4.75. The van der Waals surface area contributed by atoms with Crippen LogP contribution in [0.1, 0.15) is 19.3 Å². The molecule has 4 nitrogen and oxygen atoms in total. The summed E-state index contributed by atoms with van der Waals surface area (Å²) in [5.41, 5.74) is 4.12. The molecule has 0 bridgehead atoms. The molecular formula is C10H16F3N3O. The Bertz CT molecular complexity index is 320. The maximum Gasteiger partial charge on any atom is 0.401 e. The number of rotatable bonds is 3. The van der Waals surface area contributed by atoms with Crippen LogP contribution >= 0.6 is 0 Å². The molecule has 2 aliphatic heterocycles. The fraction of sp³-hybridized carbons (Fsp3) is 0.900. The zero-order valence-corrected chi connectivity index (χ0v) is 9.39. The van der Waals surface area contributed by atoms with Crippen molar-refractivity contribution in [2.45, 2.75) is 37.0 Å². The minimum atomic E-state index is -4.32. The van der Waals surface area contributed by atoms with Gasteiger partial charge >= 0.3 is 6.18 Å². The van der Waals surface area contributed by atoms with Gasteiger partial charge in [-0.3, -0.25) is 15.0 Å². The summed E-state index contributed by atoms with van der Waals surface area (Å²) in [7, 11) is 0. The van der Waals surface area contributed by atoms with E-state index in [2.05, 4.69) is 5.32 Å². The second kappa shape index (κ2) is 4.13. The molecule has 17 heavy (non-hydrogen) atoms. The number of nitrogens with one attached hydrogen (secondary N) is 1. The molecule has 2 rings (SSSR count). The molecule has 98 valence electrons. The highest BCUT2D eigenvalue weighted by atomic mass is 19.4. The Hall–Kier alpha value is -0.820. The van der Waals surface area contributed by atoms with Crippen molar-refractivity contribution in [1.29, 1.82) is 0 Å².